The standard InChI is InChI=1S/C13H9NO3S/c1-17-12-4-9(6-14)10(5-11(12)15)13(16)8-2-3-18-7-8/h2-5,7,15H,1H3. The van der Waals surface area contributed by atoms with E-state index in [1.807, 2.05) is 6.07 Å². The Morgan fingerprint density at radius 3 is 2.83 bits per heavy atom. The van der Waals surface area contributed by atoms with Crippen molar-refractivity contribution in [1.82, 2.24) is 0 Å². The minimum absolute atomic E-state index is 0.157. The van der Waals surface area contributed by atoms with Crippen LogP contribution in [0.3, 0.4) is 0 Å². The summed E-state index contributed by atoms with van der Waals surface area (Å²) < 4.78 is 4.90. The van der Waals surface area contributed by atoms with Gasteiger partial charge < -0.3 is 9.84 Å². The first-order valence-electron chi connectivity index (χ1n) is 5.05. The van der Waals surface area contributed by atoms with Gasteiger partial charge in [-0.25, -0.2) is 0 Å². The molecular weight excluding hydrogens is 250 g/mol. The van der Waals surface area contributed by atoms with Crippen LogP contribution in [0.1, 0.15) is 21.5 Å². The summed E-state index contributed by atoms with van der Waals surface area (Å²) in [7, 11) is 1.39. The van der Waals surface area contributed by atoms with E-state index in [4.69, 9.17) is 10.00 Å². The molecule has 4 nitrogen and oxygen atoms in total. The summed E-state index contributed by atoms with van der Waals surface area (Å²) in [5, 5.41) is 22.2. The summed E-state index contributed by atoms with van der Waals surface area (Å²) in [6.45, 7) is 0. The van der Waals surface area contributed by atoms with E-state index < -0.39 is 0 Å². The number of methoxy groups -OCH3 is 1. The van der Waals surface area contributed by atoms with Crippen LogP contribution in [0.25, 0.3) is 0 Å². The monoisotopic (exact) mass is 259 g/mol. The number of hydrogen-bond donors (Lipinski definition) is 1. The lowest BCUT2D eigenvalue weighted by atomic mass is 10.00. The normalized spacial score (nSPS) is 9.78. The van der Waals surface area contributed by atoms with Crippen molar-refractivity contribution >= 4 is 17.1 Å². The van der Waals surface area contributed by atoms with E-state index in [9.17, 15) is 9.90 Å². The molecule has 0 unspecified atom stereocenters. The van der Waals surface area contributed by atoms with Crippen molar-refractivity contribution in [2.75, 3.05) is 7.11 Å². The zero-order chi connectivity index (χ0) is 13.1. The smallest absolute Gasteiger partial charge is 0.195 e. The Balaban J connectivity index is 2.55. The lowest BCUT2D eigenvalue weighted by Gasteiger charge is -2.07. The fraction of sp³-hybridized carbons (Fsp3) is 0.0769. The van der Waals surface area contributed by atoms with Gasteiger partial charge in [-0.3, -0.25) is 4.79 Å². The molecule has 5 heteroatoms. The number of benzene rings is 1. The van der Waals surface area contributed by atoms with E-state index in [-0.39, 0.29) is 28.4 Å². The first-order valence-corrected chi connectivity index (χ1v) is 5.99. The van der Waals surface area contributed by atoms with Crippen molar-refractivity contribution < 1.29 is 14.6 Å². The number of ether oxygens (including phenoxy) is 1. The highest BCUT2D eigenvalue weighted by atomic mass is 32.1. The summed E-state index contributed by atoms with van der Waals surface area (Å²) in [4.78, 5) is 12.1. The largest absolute Gasteiger partial charge is 0.504 e. The molecule has 0 saturated carbocycles. The van der Waals surface area contributed by atoms with Gasteiger partial charge in [0.1, 0.15) is 6.07 Å². The maximum absolute atomic E-state index is 12.1. The molecule has 18 heavy (non-hydrogen) atoms. The summed E-state index contributed by atoms with van der Waals surface area (Å²) in [6.07, 6.45) is 0. The summed E-state index contributed by atoms with van der Waals surface area (Å²) in [6, 6.07) is 6.23. The average molecular weight is 259 g/mol. The number of carbonyl (C=O) groups excluding carboxylic acids is 1. The molecule has 90 valence electrons. The highest BCUT2D eigenvalue weighted by Gasteiger charge is 2.17. The van der Waals surface area contributed by atoms with E-state index in [0.717, 1.165) is 0 Å². The van der Waals surface area contributed by atoms with Gasteiger partial charge in [0.2, 0.25) is 0 Å². The molecule has 2 aromatic rings. The molecule has 0 aliphatic carbocycles. The average Bonchev–Trinajstić information content (AvgIpc) is 2.91. The van der Waals surface area contributed by atoms with Gasteiger partial charge in [0.05, 0.1) is 12.7 Å². The molecule has 0 amide bonds. The van der Waals surface area contributed by atoms with Crippen LogP contribution in [0, 0.1) is 11.3 Å². The maximum atomic E-state index is 12.1. The van der Waals surface area contributed by atoms with Crippen LogP contribution in [-0.4, -0.2) is 18.0 Å². The Labute approximate surface area is 108 Å². The van der Waals surface area contributed by atoms with Gasteiger partial charge in [-0.15, -0.1) is 0 Å². The van der Waals surface area contributed by atoms with Gasteiger partial charge in [0.25, 0.3) is 0 Å². The molecule has 2 rings (SSSR count). The molecule has 0 aliphatic heterocycles. The van der Waals surface area contributed by atoms with E-state index in [2.05, 4.69) is 0 Å². The molecule has 1 aromatic carbocycles. The predicted molar refractivity (Wildman–Crippen MR) is 67.1 cm³/mol. The number of thiophene rings is 1. The van der Waals surface area contributed by atoms with Crippen molar-refractivity contribution in [2.45, 2.75) is 0 Å². The molecule has 0 aliphatic rings. The number of phenols is 1. The third kappa shape index (κ3) is 2.06. The number of aromatic hydroxyl groups is 1. The second kappa shape index (κ2) is 4.90. The van der Waals surface area contributed by atoms with Gasteiger partial charge in [-0.1, -0.05) is 0 Å². The van der Waals surface area contributed by atoms with Crippen molar-refractivity contribution in [1.29, 1.82) is 5.26 Å². The van der Waals surface area contributed by atoms with Crippen LogP contribution < -0.4 is 4.74 Å². The minimum atomic E-state index is -0.286. The lowest BCUT2D eigenvalue weighted by Crippen LogP contribution is -2.03. The topological polar surface area (TPSA) is 70.3 Å². The molecule has 0 fully saturated rings. The lowest BCUT2D eigenvalue weighted by molar-refractivity contribution is 0.103. The Kier molecular flexibility index (Phi) is 3.31. The quantitative estimate of drug-likeness (QED) is 0.860. The maximum Gasteiger partial charge on any atom is 0.195 e. The number of ketones is 1. The first-order chi connectivity index (χ1) is 8.67. The van der Waals surface area contributed by atoms with Crippen LogP contribution >= 0.6 is 11.3 Å². The summed E-state index contributed by atoms with van der Waals surface area (Å²) in [5.74, 6) is -0.269. The third-order valence-corrected chi connectivity index (χ3v) is 3.15. The SMILES string of the molecule is COc1cc(C#N)c(C(=O)c2ccsc2)cc1O. The van der Waals surface area contributed by atoms with Crippen LogP contribution in [0.2, 0.25) is 0 Å². The van der Waals surface area contributed by atoms with E-state index >= 15 is 0 Å². The van der Waals surface area contributed by atoms with Gasteiger partial charge in [-0.05, 0) is 17.5 Å². The third-order valence-electron chi connectivity index (χ3n) is 2.47. The summed E-state index contributed by atoms with van der Waals surface area (Å²) >= 11 is 1.40. The molecule has 0 spiro atoms. The molecule has 0 radical (unpaired) electrons. The Morgan fingerprint density at radius 1 is 1.50 bits per heavy atom. The molecule has 1 heterocycles. The Morgan fingerprint density at radius 2 is 2.28 bits per heavy atom. The first kappa shape index (κ1) is 12.1. The fourth-order valence-corrected chi connectivity index (χ4v) is 2.20. The van der Waals surface area contributed by atoms with E-state index in [1.165, 1.54) is 30.6 Å². The van der Waals surface area contributed by atoms with E-state index in [1.54, 1.807) is 16.8 Å². The van der Waals surface area contributed by atoms with Crippen molar-refractivity contribution in [3.8, 4) is 17.6 Å². The molecular formula is C13H9NO3S. The van der Waals surface area contributed by atoms with Crippen molar-refractivity contribution in [3.05, 3.63) is 45.6 Å². The molecule has 1 N–H and O–H groups in total. The van der Waals surface area contributed by atoms with Crippen LogP contribution in [0.4, 0.5) is 0 Å². The molecule has 1 aromatic heterocycles. The van der Waals surface area contributed by atoms with Gasteiger partial charge >= 0.3 is 0 Å². The predicted octanol–water partition coefficient (Wildman–Crippen LogP) is 2.56. The number of carbonyl (C=O) groups is 1. The highest BCUT2D eigenvalue weighted by molar-refractivity contribution is 7.08. The number of nitriles is 1. The molecule has 0 atom stereocenters. The number of rotatable bonds is 3. The number of phenolic OH excluding ortho intramolecular Hbond substituents is 1. The van der Waals surface area contributed by atoms with Crippen LogP contribution in [0.5, 0.6) is 11.5 Å². The Hall–Kier alpha value is -2.32. The second-order valence-electron chi connectivity index (χ2n) is 3.52. The zero-order valence-electron chi connectivity index (χ0n) is 9.51. The van der Waals surface area contributed by atoms with Crippen molar-refractivity contribution in [2.24, 2.45) is 0 Å². The zero-order valence-corrected chi connectivity index (χ0v) is 10.3. The minimum Gasteiger partial charge on any atom is -0.504 e. The van der Waals surface area contributed by atoms with Gasteiger partial charge in [-0.2, -0.15) is 16.6 Å². The van der Waals surface area contributed by atoms with Crippen LogP contribution in [0.15, 0.2) is 29.0 Å². The number of nitrogens with zero attached hydrogens (tertiary/aromatic N) is 1. The second-order valence-corrected chi connectivity index (χ2v) is 4.30. The molecule has 0 saturated heterocycles. The summed E-state index contributed by atoms with van der Waals surface area (Å²) in [5.41, 5.74) is 0.858. The van der Waals surface area contributed by atoms with E-state index in [0.29, 0.717) is 5.56 Å². The fourth-order valence-electron chi connectivity index (χ4n) is 1.56. The van der Waals surface area contributed by atoms with Crippen LogP contribution in [-0.2, 0) is 0 Å². The number of hydrogen-bond acceptors (Lipinski definition) is 5. The van der Waals surface area contributed by atoms with Gasteiger partial charge in [0, 0.05) is 22.6 Å². The Bertz CT molecular complexity index is 626. The molecule has 0 bridgehead atoms. The van der Waals surface area contributed by atoms with Gasteiger partial charge in [0.15, 0.2) is 17.3 Å². The highest BCUT2D eigenvalue weighted by Crippen LogP contribution is 2.30. The van der Waals surface area contributed by atoms with Crippen molar-refractivity contribution in [3.63, 3.8) is 0 Å².